The molecule has 164 valence electrons. The van der Waals surface area contributed by atoms with Crippen LogP contribution < -0.4 is 4.90 Å². The van der Waals surface area contributed by atoms with Crippen LogP contribution in [0.1, 0.15) is 19.4 Å². The number of rotatable bonds is 3. The number of aromatic nitrogens is 5. The van der Waals surface area contributed by atoms with E-state index >= 15 is 0 Å². The number of carbonyl (C=O) groups excluding carboxylic acids is 1. The first kappa shape index (κ1) is 19.7. The van der Waals surface area contributed by atoms with Gasteiger partial charge in [0, 0.05) is 36.6 Å². The maximum atomic E-state index is 13.0. The van der Waals surface area contributed by atoms with Crippen molar-refractivity contribution in [3.05, 3.63) is 31.0 Å². The third-order valence-corrected chi connectivity index (χ3v) is 5.78. The molecule has 0 radical (unpaired) electrons. The van der Waals surface area contributed by atoms with Gasteiger partial charge in [0.05, 0.1) is 18.3 Å². The van der Waals surface area contributed by atoms with Crippen molar-refractivity contribution in [2.75, 3.05) is 18.0 Å². The van der Waals surface area contributed by atoms with Crippen LogP contribution in [0.2, 0.25) is 0 Å². The minimum Gasteiger partial charge on any atom is -0.351 e. The van der Waals surface area contributed by atoms with Crippen molar-refractivity contribution in [2.45, 2.75) is 37.7 Å². The molecule has 13 heteroatoms. The Labute approximate surface area is 171 Å². The maximum absolute atomic E-state index is 13.0. The van der Waals surface area contributed by atoms with Crippen LogP contribution in [0.4, 0.5) is 27.8 Å². The highest BCUT2D eigenvalue weighted by Gasteiger charge is 2.52. The highest BCUT2D eigenvalue weighted by Crippen LogP contribution is 2.36. The Kier molecular flexibility index (Phi) is 4.38. The van der Waals surface area contributed by atoms with Crippen LogP contribution in [0.3, 0.4) is 0 Å². The van der Waals surface area contributed by atoms with Crippen molar-refractivity contribution in [3.8, 4) is 11.1 Å². The van der Waals surface area contributed by atoms with Gasteiger partial charge in [-0.3, -0.25) is 4.79 Å². The van der Waals surface area contributed by atoms with Crippen LogP contribution in [0, 0.1) is 0 Å². The molecule has 0 N–H and O–H groups in total. The SMILES string of the molecule is O=C(N1C2CCC1CN(c1ncnn3cc(-c4cnn(C(F)F)c4)cc13)C2)C(F)(F)F. The number of carbonyl (C=O) groups is 1. The van der Waals surface area contributed by atoms with Gasteiger partial charge in [-0.25, -0.2) is 14.2 Å². The molecular formula is C18H16F5N7O. The average molecular weight is 441 g/mol. The zero-order valence-corrected chi connectivity index (χ0v) is 15.9. The number of hydrogen-bond acceptors (Lipinski definition) is 5. The highest BCUT2D eigenvalue weighted by atomic mass is 19.4. The standard InChI is InChI=1S/C18H16F5N7O/c19-17(20)29-6-11(4-25-29)10-3-14-15(24-9-26-28(14)5-10)27-7-12-1-2-13(8-27)30(12)16(31)18(21,22)23/h3-6,9,12-13,17H,1-2,7-8H2. The highest BCUT2D eigenvalue weighted by molar-refractivity contribution is 5.83. The summed E-state index contributed by atoms with van der Waals surface area (Å²) in [6.45, 7) is -2.32. The second-order valence-corrected chi connectivity index (χ2v) is 7.63. The van der Waals surface area contributed by atoms with E-state index in [0.29, 0.717) is 40.0 Å². The molecule has 0 spiro atoms. The zero-order valence-electron chi connectivity index (χ0n) is 15.9. The number of amides is 1. The fourth-order valence-corrected chi connectivity index (χ4v) is 4.47. The third-order valence-electron chi connectivity index (χ3n) is 5.78. The van der Waals surface area contributed by atoms with Crippen molar-refractivity contribution in [1.29, 1.82) is 0 Å². The number of halogens is 5. The molecule has 2 aliphatic rings. The van der Waals surface area contributed by atoms with E-state index in [1.54, 1.807) is 12.3 Å². The van der Waals surface area contributed by atoms with Crippen LogP contribution in [-0.2, 0) is 4.79 Å². The quantitative estimate of drug-likeness (QED) is 0.585. The molecule has 8 nitrogen and oxygen atoms in total. The fraction of sp³-hybridized carbons (Fsp3) is 0.444. The lowest BCUT2D eigenvalue weighted by Crippen LogP contribution is -2.59. The van der Waals surface area contributed by atoms with Crippen LogP contribution in [-0.4, -0.2) is 66.5 Å². The van der Waals surface area contributed by atoms with Crippen molar-refractivity contribution in [3.63, 3.8) is 0 Å². The molecule has 0 aliphatic carbocycles. The molecule has 2 bridgehead atoms. The topological polar surface area (TPSA) is 71.6 Å². The minimum atomic E-state index is -4.90. The van der Waals surface area contributed by atoms with Crippen LogP contribution in [0.15, 0.2) is 31.0 Å². The van der Waals surface area contributed by atoms with Gasteiger partial charge < -0.3 is 9.80 Å². The Hall–Kier alpha value is -3.25. The lowest BCUT2D eigenvalue weighted by atomic mass is 10.1. The summed E-state index contributed by atoms with van der Waals surface area (Å²) in [4.78, 5) is 19.0. The number of alkyl halides is 5. The van der Waals surface area contributed by atoms with Crippen molar-refractivity contribution in [2.24, 2.45) is 0 Å². The molecule has 31 heavy (non-hydrogen) atoms. The average Bonchev–Trinajstić information content (AvgIpc) is 3.42. The summed E-state index contributed by atoms with van der Waals surface area (Å²) in [7, 11) is 0. The molecule has 2 saturated heterocycles. The zero-order chi connectivity index (χ0) is 21.9. The third kappa shape index (κ3) is 3.27. The number of piperazine rings is 1. The number of anilines is 1. The molecule has 5 rings (SSSR count). The van der Waals surface area contributed by atoms with Gasteiger partial charge in [-0.15, -0.1) is 0 Å². The lowest BCUT2D eigenvalue weighted by Gasteiger charge is -2.41. The number of fused-ring (bicyclic) bond motifs is 3. The summed E-state index contributed by atoms with van der Waals surface area (Å²) in [5.74, 6) is -1.29. The molecule has 5 heterocycles. The van der Waals surface area contributed by atoms with Gasteiger partial charge in [0.15, 0.2) is 5.82 Å². The molecule has 2 fully saturated rings. The van der Waals surface area contributed by atoms with E-state index in [0.717, 1.165) is 4.90 Å². The Morgan fingerprint density at radius 2 is 1.77 bits per heavy atom. The second kappa shape index (κ2) is 6.89. The number of nitrogens with zero attached hydrogens (tertiary/aromatic N) is 7. The summed E-state index contributed by atoms with van der Waals surface area (Å²) in [6.07, 6.45) is 1.58. The normalized spacial score (nSPS) is 21.5. The predicted molar refractivity (Wildman–Crippen MR) is 97.4 cm³/mol. The van der Waals surface area contributed by atoms with E-state index in [9.17, 15) is 26.7 Å². The predicted octanol–water partition coefficient (Wildman–Crippen LogP) is 2.73. The van der Waals surface area contributed by atoms with Gasteiger partial charge in [-0.05, 0) is 18.9 Å². The second-order valence-electron chi connectivity index (χ2n) is 7.63. The van der Waals surface area contributed by atoms with Crippen LogP contribution >= 0.6 is 0 Å². The molecule has 2 atom stereocenters. The van der Waals surface area contributed by atoms with E-state index < -0.39 is 30.7 Å². The van der Waals surface area contributed by atoms with Gasteiger partial charge in [0.2, 0.25) is 0 Å². The first-order valence-electron chi connectivity index (χ1n) is 9.53. The monoisotopic (exact) mass is 441 g/mol. The summed E-state index contributed by atoms with van der Waals surface area (Å²) in [5, 5.41) is 7.77. The smallest absolute Gasteiger partial charge is 0.351 e. The molecular weight excluding hydrogens is 425 g/mol. The van der Waals surface area contributed by atoms with E-state index in [1.165, 1.54) is 23.2 Å². The van der Waals surface area contributed by atoms with E-state index in [1.807, 2.05) is 4.90 Å². The summed E-state index contributed by atoms with van der Waals surface area (Å²) >= 11 is 0. The van der Waals surface area contributed by atoms with Gasteiger partial charge in [-0.1, -0.05) is 0 Å². The lowest BCUT2D eigenvalue weighted by molar-refractivity contribution is -0.188. The van der Waals surface area contributed by atoms with Crippen molar-refractivity contribution < 1.29 is 26.7 Å². The Morgan fingerprint density at radius 1 is 1.06 bits per heavy atom. The first-order chi connectivity index (χ1) is 14.7. The van der Waals surface area contributed by atoms with E-state index in [2.05, 4.69) is 15.2 Å². The van der Waals surface area contributed by atoms with Crippen molar-refractivity contribution in [1.82, 2.24) is 29.3 Å². The van der Waals surface area contributed by atoms with Gasteiger partial charge in [0.25, 0.3) is 0 Å². The first-order valence-corrected chi connectivity index (χ1v) is 9.53. The molecule has 3 aromatic rings. The Bertz CT molecular complexity index is 1130. The largest absolute Gasteiger partial charge is 0.471 e. The minimum absolute atomic E-state index is 0.217. The van der Waals surface area contributed by atoms with E-state index in [4.69, 9.17) is 0 Å². The molecule has 0 saturated carbocycles. The van der Waals surface area contributed by atoms with Gasteiger partial charge in [0.1, 0.15) is 11.8 Å². The van der Waals surface area contributed by atoms with Crippen LogP contribution in [0.5, 0.6) is 0 Å². The molecule has 3 aromatic heterocycles. The van der Waals surface area contributed by atoms with Gasteiger partial charge in [-0.2, -0.15) is 32.1 Å². The summed E-state index contributed by atoms with van der Waals surface area (Å²) in [5.41, 5.74) is 1.65. The van der Waals surface area contributed by atoms with E-state index in [-0.39, 0.29) is 13.1 Å². The number of hydrogen-bond donors (Lipinski definition) is 0. The van der Waals surface area contributed by atoms with Crippen molar-refractivity contribution >= 4 is 17.2 Å². The fourth-order valence-electron chi connectivity index (χ4n) is 4.47. The summed E-state index contributed by atoms with van der Waals surface area (Å²) in [6, 6.07) is 0.611. The molecule has 2 unspecified atom stereocenters. The van der Waals surface area contributed by atoms with Crippen LogP contribution in [0.25, 0.3) is 16.6 Å². The molecule has 2 aliphatic heterocycles. The summed E-state index contributed by atoms with van der Waals surface area (Å²) < 4.78 is 66.6. The Balaban J connectivity index is 1.45. The Morgan fingerprint density at radius 3 is 2.39 bits per heavy atom. The molecule has 0 aromatic carbocycles. The van der Waals surface area contributed by atoms with Gasteiger partial charge >= 0.3 is 18.6 Å². The maximum Gasteiger partial charge on any atom is 0.471 e. The molecule has 1 amide bonds.